The number of H-pyrrole nitrogens is 1. The van der Waals surface area contributed by atoms with Crippen molar-refractivity contribution in [1.82, 2.24) is 15.5 Å². The largest absolute Gasteiger partial charge is 0.492 e. The molecule has 0 bridgehead atoms. The number of nitrogens with one attached hydrogen (secondary N) is 2. The summed E-state index contributed by atoms with van der Waals surface area (Å²) in [4.78, 5) is 6.33. The molecule has 0 unspecified atom stereocenters. The summed E-state index contributed by atoms with van der Waals surface area (Å²) in [6, 6.07) is 4.94. The van der Waals surface area contributed by atoms with Crippen molar-refractivity contribution in [3.05, 3.63) is 40.7 Å². The molecule has 1 fully saturated rings. The Kier molecular flexibility index (Phi) is 5.17. The summed E-state index contributed by atoms with van der Waals surface area (Å²) < 4.78 is 20.2. The van der Waals surface area contributed by atoms with E-state index < -0.39 is 0 Å². The molecule has 4 rings (SSSR count). The van der Waals surface area contributed by atoms with E-state index in [1.165, 1.54) is 6.07 Å². The third kappa shape index (κ3) is 3.54. The van der Waals surface area contributed by atoms with Crippen molar-refractivity contribution in [2.45, 2.75) is 38.8 Å². The number of hydrogen-bond acceptors (Lipinski definition) is 5. The maximum Gasteiger partial charge on any atom is 0.160 e. The van der Waals surface area contributed by atoms with Crippen LogP contribution in [0.15, 0.2) is 28.8 Å². The molecule has 0 aliphatic carbocycles. The fourth-order valence-corrected chi connectivity index (χ4v) is 3.97. The molecule has 6 nitrogen and oxygen atoms in total. The minimum absolute atomic E-state index is 0.00291. The lowest BCUT2D eigenvalue weighted by atomic mass is 10.0. The minimum Gasteiger partial charge on any atom is -0.492 e. The number of fused-ring (bicyclic) bond motifs is 5. The van der Waals surface area contributed by atoms with Gasteiger partial charge in [0.2, 0.25) is 0 Å². The van der Waals surface area contributed by atoms with Crippen molar-refractivity contribution in [2.24, 2.45) is 4.99 Å². The first-order chi connectivity index (χ1) is 13.6. The summed E-state index contributed by atoms with van der Waals surface area (Å²) in [6.07, 6.45) is 4.02. The molecular formula is C21H26FN5O. The molecule has 2 aliphatic rings. The molecule has 148 valence electrons. The molecule has 2 aromatic rings. The van der Waals surface area contributed by atoms with E-state index in [4.69, 9.17) is 4.74 Å². The lowest BCUT2D eigenvalue weighted by Crippen LogP contribution is -2.33. The highest BCUT2D eigenvalue weighted by Gasteiger charge is 2.32. The summed E-state index contributed by atoms with van der Waals surface area (Å²) in [5, 5.41) is 11.0. The zero-order valence-corrected chi connectivity index (χ0v) is 16.3. The van der Waals surface area contributed by atoms with Gasteiger partial charge in [0.1, 0.15) is 18.2 Å². The Balaban J connectivity index is 1.85. The van der Waals surface area contributed by atoms with Crippen molar-refractivity contribution < 1.29 is 9.13 Å². The Morgan fingerprint density at radius 1 is 1.39 bits per heavy atom. The van der Waals surface area contributed by atoms with Gasteiger partial charge in [0.15, 0.2) is 11.6 Å². The van der Waals surface area contributed by atoms with Crippen LogP contribution in [-0.2, 0) is 0 Å². The number of aromatic nitrogens is 2. The van der Waals surface area contributed by atoms with Crippen LogP contribution in [0.5, 0.6) is 5.75 Å². The van der Waals surface area contributed by atoms with E-state index >= 15 is 0 Å². The Labute approximate surface area is 164 Å². The number of nitrogens with zero attached hydrogens (tertiary/aromatic N) is 3. The molecule has 1 aromatic carbocycles. The normalized spacial score (nSPS) is 24.4. The average Bonchev–Trinajstić information content (AvgIpc) is 3.31. The lowest BCUT2D eigenvalue weighted by Gasteiger charge is -2.27. The van der Waals surface area contributed by atoms with Gasteiger partial charge in [-0.1, -0.05) is 5.57 Å². The standard InChI is InChI=1S/C21H26FN5O/c1-13-9-17-20(23-3)25-26-21(17)27-8-4-5-18(27)16-10-15(22)6-7-19(16)28-12-14(2)24-11-13/h6-7,9-10,14,18,24H,3-5,8,11-12H2,1-2H3,(H,25,26)/b13-9+/t14-,18-/m1/s1. The molecule has 1 saturated heterocycles. The first kappa shape index (κ1) is 18.7. The molecule has 2 N–H and O–H groups in total. The number of aromatic amines is 1. The summed E-state index contributed by atoms with van der Waals surface area (Å²) in [7, 11) is 0. The Bertz CT molecular complexity index is 906. The molecule has 2 atom stereocenters. The number of aliphatic imine (C=N–C) groups is 1. The number of benzene rings is 1. The van der Waals surface area contributed by atoms with Gasteiger partial charge < -0.3 is 15.0 Å². The van der Waals surface area contributed by atoms with E-state index in [0.29, 0.717) is 12.4 Å². The average molecular weight is 383 g/mol. The van der Waals surface area contributed by atoms with Crippen LogP contribution < -0.4 is 15.0 Å². The van der Waals surface area contributed by atoms with Crippen LogP contribution in [0.3, 0.4) is 0 Å². The number of rotatable bonds is 1. The maximum absolute atomic E-state index is 14.1. The molecular weight excluding hydrogens is 357 g/mol. The second-order valence-electron chi connectivity index (χ2n) is 7.58. The molecule has 0 amide bonds. The quantitative estimate of drug-likeness (QED) is 0.731. The van der Waals surface area contributed by atoms with Crippen LogP contribution in [0, 0.1) is 5.82 Å². The second kappa shape index (κ2) is 7.75. The van der Waals surface area contributed by atoms with Crippen molar-refractivity contribution in [2.75, 3.05) is 24.6 Å². The van der Waals surface area contributed by atoms with Gasteiger partial charge in [-0.3, -0.25) is 5.10 Å². The maximum atomic E-state index is 14.1. The Morgan fingerprint density at radius 3 is 3.07 bits per heavy atom. The van der Waals surface area contributed by atoms with Gasteiger partial charge in [0.25, 0.3) is 0 Å². The highest BCUT2D eigenvalue weighted by atomic mass is 19.1. The summed E-state index contributed by atoms with van der Waals surface area (Å²) in [6.45, 7) is 9.92. The summed E-state index contributed by atoms with van der Waals surface area (Å²) in [5.41, 5.74) is 2.96. The third-order valence-corrected chi connectivity index (χ3v) is 5.39. The van der Waals surface area contributed by atoms with Gasteiger partial charge in [-0.2, -0.15) is 5.10 Å². The molecule has 2 aliphatic heterocycles. The summed E-state index contributed by atoms with van der Waals surface area (Å²) in [5.74, 6) is 1.96. The van der Waals surface area contributed by atoms with Crippen LogP contribution in [0.4, 0.5) is 16.0 Å². The van der Waals surface area contributed by atoms with Crippen LogP contribution in [0.25, 0.3) is 6.08 Å². The first-order valence-electron chi connectivity index (χ1n) is 9.71. The predicted octanol–water partition coefficient (Wildman–Crippen LogP) is 4.00. The molecule has 28 heavy (non-hydrogen) atoms. The van der Waals surface area contributed by atoms with E-state index in [1.54, 1.807) is 12.1 Å². The first-order valence-corrected chi connectivity index (χ1v) is 9.71. The predicted molar refractivity (Wildman–Crippen MR) is 110 cm³/mol. The van der Waals surface area contributed by atoms with Gasteiger partial charge in [0, 0.05) is 24.7 Å². The SMILES string of the molecule is C=Nc1[nH]nc2c1/C=C(\C)CN[C@H](C)COc1ccc(F)cc1[C@H]1CCCN21. The van der Waals surface area contributed by atoms with Gasteiger partial charge in [-0.15, -0.1) is 0 Å². The van der Waals surface area contributed by atoms with Crippen LogP contribution in [0.1, 0.15) is 43.9 Å². The Hall–Kier alpha value is -2.67. The van der Waals surface area contributed by atoms with Crippen LogP contribution >= 0.6 is 0 Å². The van der Waals surface area contributed by atoms with Gasteiger partial charge in [-0.25, -0.2) is 9.38 Å². The monoisotopic (exact) mass is 383 g/mol. The summed E-state index contributed by atoms with van der Waals surface area (Å²) >= 11 is 0. The van der Waals surface area contributed by atoms with E-state index in [1.807, 2.05) is 0 Å². The highest BCUT2D eigenvalue weighted by molar-refractivity contribution is 5.75. The molecule has 3 heterocycles. The third-order valence-electron chi connectivity index (χ3n) is 5.39. The molecule has 0 radical (unpaired) electrons. The van der Waals surface area contributed by atoms with Crippen molar-refractivity contribution >= 4 is 24.4 Å². The van der Waals surface area contributed by atoms with Gasteiger partial charge >= 0.3 is 0 Å². The molecule has 7 heteroatoms. The topological polar surface area (TPSA) is 65.5 Å². The zero-order chi connectivity index (χ0) is 19.7. The number of halogens is 1. The van der Waals surface area contributed by atoms with Crippen LogP contribution in [0.2, 0.25) is 0 Å². The van der Waals surface area contributed by atoms with Gasteiger partial charge in [0.05, 0.1) is 11.6 Å². The van der Waals surface area contributed by atoms with E-state index in [9.17, 15) is 4.39 Å². The van der Waals surface area contributed by atoms with E-state index in [2.05, 4.69) is 52.0 Å². The number of anilines is 1. The molecule has 1 aromatic heterocycles. The van der Waals surface area contributed by atoms with E-state index in [-0.39, 0.29) is 17.9 Å². The zero-order valence-electron chi connectivity index (χ0n) is 16.3. The smallest absolute Gasteiger partial charge is 0.160 e. The fraction of sp³-hybridized carbons (Fsp3) is 0.429. The molecule has 0 spiro atoms. The van der Waals surface area contributed by atoms with Gasteiger partial charge in [-0.05, 0) is 57.7 Å². The van der Waals surface area contributed by atoms with Crippen molar-refractivity contribution in [1.29, 1.82) is 0 Å². The Morgan fingerprint density at radius 2 is 2.25 bits per heavy atom. The van der Waals surface area contributed by atoms with Crippen LogP contribution in [-0.4, -0.2) is 42.7 Å². The fourth-order valence-electron chi connectivity index (χ4n) is 3.97. The lowest BCUT2D eigenvalue weighted by molar-refractivity contribution is 0.272. The minimum atomic E-state index is -0.254. The highest BCUT2D eigenvalue weighted by Crippen LogP contribution is 2.42. The van der Waals surface area contributed by atoms with E-state index in [0.717, 1.165) is 54.2 Å². The van der Waals surface area contributed by atoms with Crippen molar-refractivity contribution in [3.8, 4) is 5.75 Å². The van der Waals surface area contributed by atoms with Crippen molar-refractivity contribution in [3.63, 3.8) is 0 Å². The second-order valence-corrected chi connectivity index (χ2v) is 7.58. The molecule has 0 saturated carbocycles. The number of ether oxygens (including phenoxy) is 1. The number of hydrogen-bond donors (Lipinski definition) is 2.